The zero-order valence-corrected chi connectivity index (χ0v) is 21.3. The molecular weight excluding hydrogens is 450 g/mol. The lowest BCUT2D eigenvalue weighted by molar-refractivity contribution is -0.145. The maximum atomic E-state index is 13.0. The summed E-state index contributed by atoms with van der Waals surface area (Å²) in [6, 6.07) is 5.93. The van der Waals surface area contributed by atoms with Gasteiger partial charge in [0.1, 0.15) is 6.10 Å². The smallest absolute Gasteiger partial charge is 0.252 e. The topological polar surface area (TPSA) is 62.7 Å². The number of ketones is 1. The number of aryl methyl sites for hydroxylation is 2. The Morgan fingerprint density at radius 3 is 2.59 bits per heavy atom. The highest BCUT2D eigenvalue weighted by atomic mass is 35.5. The number of hydrogen-bond acceptors (Lipinski definition) is 5. The van der Waals surface area contributed by atoms with Crippen molar-refractivity contribution in [3.05, 3.63) is 62.9 Å². The highest BCUT2D eigenvalue weighted by Gasteiger charge is 2.34. The van der Waals surface area contributed by atoms with Crippen molar-refractivity contribution < 1.29 is 14.3 Å². The number of piperazine rings is 1. The molecule has 0 radical (unpaired) electrons. The van der Waals surface area contributed by atoms with E-state index < -0.39 is 0 Å². The Kier molecular flexibility index (Phi) is 7.70. The van der Waals surface area contributed by atoms with Crippen LogP contribution in [-0.4, -0.2) is 64.9 Å². The second-order valence-corrected chi connectivity index (χ2v) is 10.1. The van der Waals surface area contributed by atoms with E-state index in [4.69, 9.17) is 16.3 Å². The number of hydrogen-bond donors (Lipinski definition) is 0. The van der Waals surface area contributed by atoms with Crippen LogP contribution >= 0.6 is 11.6 Å². The van der Waals surface area contributed by atoms with Gasteiger partial charge in [0.05, 0.1) is 0 Å². The fourth-order valence-corrected chi connectivity index (χ4v) is 5.18. The molecule has 182 valence electrons. The number of rotatable bonds is 6. The van der Waals surface area contributed by atoms with Crippen LogP contribution in [0.2, 0.25) is 5.02 Å². The fourth-order valence-electron chi connectivity index (χ4n) is 4.92. The van der Waals surface area contributed by atoms with Crippen molar-refractivity contribution in [3.8, 4) is 0 Å². The predicted octanol–water partition coefficient (Wildman–Crippen LogP) is 4.30. The van der Waals surface area contributed by atoms with Gasteiger partial charge in [-0.05, 0) is 81.0 Å². The fraction of sp³-hybridized carbons (Fsp3) is 0.519. The van der Waals surface area contributed by atoms with Gasteiger partial charge in [0, 0.05) is 67.7 Å². The summed E-state index contributed by atoms with van der Waals surface area (Å²) in [6.07, 6.45) is 3.47. The number of ether oxygens (including phenoxy) is 1. The van der Waals surface area contributed by atoms with Crippen molar-refractivity contribution in [1.29, 1.82) is 0 Å². The first-order valence-corrected chi connectivity index (χ1v) is 12.5. The Morgan fingerprint density at radius 1 is 1.15 bits per heavy atom. The summed E-state index contributed by atoms with van der Waals surface area (Å²) in [6.45, 7) is 11.8. The van der Waals surface area contributed by atoms with Crippen LogP contribution in [0.5, 0.6) is 0 Å². The minimum Gasteiger partial charge on any atom is -0.368 e. The average molecular weight is 484 g/mol. The number of amides is 1. The van der Waals surface area contributed by atoms with Crippen LogP contribution in [0.15, 0.2) is 24.4 Å². The number of Topliss-reactive ketones (excluding diaryl/α,β-unsaturated/α-hetero) is 1. The second kappa shape index (κ2) is 10.5. The molecule has 1 amide bonds. The molecular formula is C27H34ClN3O3. The summed E-state index contributed by atoms with van der Waals surface area (Å²) < 4.78 is 5.61. The molecule has 34 heavy (non-hydrogen) atoms. The summed E-state index contributed by atoms with van der Waals surface area (Å²) in [4.78, 5) is 34.4. The molecule has 1 aromatic heterocycles. The molecule has 0 saturated carbocycles. The van der Waals surface area contributed by atoms with Crippen LogP contribution < -0.4 is 0 Å². The van der Waals surface area contributed by atoms with Crippen molar-refractivity contribution in [3.63, 3.8) is 0 Å². The molecule has 0 aliphatic carbocycles. The summed E-state index contributed by atoms with van der Waals surface area (Å²) >= 11 is 6.47. The summed E-state index contributed by atoms with van der Waals surface area (Å²) in [5, 5.41) is 0.641. The van der Waals surface area contributed by atoms with Gasteiger partial charge in [-0.1, -0.05) is 11.6 Å². The van der Waals surface area contributed by atoms with Crippen molar-refractivity contribution in [1.82, 2.24) is 14.8 Å². The second-order valence-electron chi connectivity index (χ2n) is 9.69. The van der Waals surface area contributed by atoms with E-state index in [9.17, 15) is 9.59 Å². The molecule has 2 aliphatic heterocycles. The third-order valence-electron chi connectivity index (χ3n) is 7.19. The number of halogens is 1. The van der Waals surface area contributed by atoms with E-state index in [-0.39, 0.29) is 23.8 Å². The van der Waals surface area contributed by atoms with E-state index in [1.165, 1.54) is 0 Å². The Hall–Kier alpha value is -2.28. The maximum Gasteiger partial charge on any atom is 0.252 e. The first-order valence-electron chi connectivity index (χ1n) is 12.1. The van der Waals surface area contributed by atoms with Gasteiger partial charge in [-0.2, -0.15) is 0 Å². The largest absolute Gasteiger partial charge is 0.368 e. The van der Waals surface area contributed by atoms with E-state index in [1.54, 1.807) is 6.20 Å². The Balaban J connectivity index is 1.43. The predicted molar refractivity (Wildman–Crippen MR) is 133 cm³/mol. The van der Waals surface area contributed by atoms with Gasteiger partial charge in [-0.25, -0.2) is 0 Å². The van der Waals surface area contributed by atoms with Gasteiger partial charge >= 0.3 is 0 Å². The Labute approximate surface area is 207 Å². The third kappa shape index (κ3) is 5.51. The van der Waals surface area contributed by atoms with Gasteiger partial charge in [-0.3, -0.25) is 19.5 Å². The van der Waals surface area contributed by atoms with Crippen LogP contribution in [0.4, 0.5) is 0 Å². The summed E-state index contributed by atoms with van der Waals surface area (Å²) in [5.74, 6) is 0.173. The zero-order chi connectivity index (χ0) is 24.4. The molecule has 2 fully saturated rings. The Morgan fingerprint density at radius 2 is 1.91 bits per heavy atom. The van der Waals surface area contributed by atoms with E-state index in [0.29, 0.717) is 30.2 Å². The third-order valence-corrected chi connectivity index (χ3v) is 7.41. The molecule has 2 saturated heterocycles. The lowest BCUT2D eigenvalue weighted by Crippen LogP contribution is -2.55. The lowest BCUT2D eigenvalue weighted by atomic mass is 9.95. The van der Waals surface area contributed by atoms with Gasteiger partial charge in [0.15, 0.2) is 5.78 Å². The highest BCUT2D eigenvalue weighted by molar-refractivity contribution is 6.30. The van der Waals surface area contributed by atoms with E-state index in [0.717, 1.165) is 60.4 Å². The molecule has 1 aromatic carbocycles. The van der Waals surface area contributed by atoms with Crippen molar-refractivity contribution in [2.24, 2.45) is 0 Å². The van der Waals surface area contributed by atoms with Crippen LogP contribution in [-0.2, 0) is 22.5 Å². The normalized spacial score (nSPS) is 21.1. The molecule has 3 heterocycles. The average Bonchev–Trinajstić information content (AvgIpc) is 3.33. The quantitative estimate of drug-likeness (QED) is 0.573. The summed E-state index contributed by atoms with van der Waals surface area (Å²) in [7, 11) is 0. The number of pyridine rings is 1. The number of carbonyl (C=O) groups excluding carboxylic acids is 2. The molecule has 2 aliphatic rings. The summed E-state index contributed by atoms with van der Waals surface area (Å²) in [5.41, 5.74) is 5.75. The van der Waals surface area contributed by atoms with Gasteiger partial charge < -0.3 is 9.64 Å². The maximum absolute atomic E-state index is 13.0. The molecule has 0 bridgehead atoms. The van der Waals surface area contributed by atoms with Crippen molar-refractivity contribution in [2.75, 3.05) is 26.2 Å². The van der Waals surface area contributed by atoms with Crippen LogP contribution in [0, 0.1) is 20.8 Å². The molecule has 7 heteroatoms. The van der Waals surface area contributed by atoms with Gasteiger partial charge in [0.25, 0.3) is 5.91 Å². The van der Waals surface area contributed by atoms with E-state index >= 15 is 0 Å². The standard InChI is InChI=1S/C27H34ClN3O3/c1-17-10-22(14-29-20(17)4)25(32)13-21-11-24(28)12-23(19(21)3)16-30-7-8-31(18(2)15-30)27(33)26-6-5-9-34-26/h10-12,14,18,26H,5-9,13,15-16H2,1-4H3/t18-,26+/m0/s1. The zero-order valence-electron chi connectivity index (χ0n) is 20.6. The van der Waals surface area contributed by atoms with Gasteiger partial charge in [0.2, 0.25) is 0 Å². The van der Waals surface area contributed by atoms with Crippen LogP contribution in [0.25, 0.3) is 0 Å². The lowest BCUT2D eigenvalue weighted by Gasteiger charge is -2.41. The molecule has 4 rings (SSSR count). The van der Waals surface area contributed by atoms with Crippen LogP contribution in [0.3, 0.4) is 0 Å². The van der Waals surface area contributed by atoms with Crippen molar-refractivity contribution in [2.45, 2.75) is 65.6 Å². The molecule has 6 nitrogen and oxygen atoms in total. The molecule has 2 atom stereocenters. The number of aromatic nitrogens is 1. The van der Waals surface area contributed by atoms with E-state index in [2.05, 4.69) is 23.7 Å². The minimum absolute atomic E-state index is 0.0433. The molecule has 0 spiro atoms. The van der Waals surface area contributed by atoms with Crippen molar-refractivity contribution >= 4 is 23.3 Å². The molecule has 2 aromatic rings. The highest BCUT2D eigenvalue weighted by Crippen LogP contribution is 2.25. The molecule has 0 N–H and O–H groups in total. The monoisotopic (exact) mass is 483 g/mol. The minimum atomic E-state index is -0.267. The number of carbonyl (C=O) groups is 2. The SMILES string of the molecule is Cc1cc(C(=O)Cc2cc(Cl)cc(CN3CCN(C(=O)[C@H]4CCCO4)[C@@H](C)C3)c2C)cnc1C. The van der Waals surface area contributed by atoms with Crippen LogP contribution in [0.1, 0.15) is 58.1 Å². The van der Waals surface area contributed by atoms with E-state index in [1.807, 2.05) is 36.9 Å². The van der Waals surface area contributed by atoms with Gasteiger partial charge in [-0.15, -0.1) is 0 Å². The first kappa shape index (κ1) is 24.8. The Bertz CT molecular complexity index is 1080. The molecule has 0 unspecified atom stereocenters. The first-order chi connectivity index (χ1) is 16.2. The number of benzene rings is 1. The number of nitrogens with zero attached hydrogens (tertiary/aromatic N) is 3.